The Balaban J connectivity index is 1.57. The molecule has 0 atom stereocenters. The number of hydrogen-bond donors (Lipinski definition) is 2. The Labute approximate surface area is 163 Å². The summed E-state index contributed by atoms with van der Waals surface area (Å²) in [5, 5.41) is 8.50. The van der Waals surface area contributed by atoms with Crippen LogP contribution in [0, 0.1) is 6.92 Å². The van der Waals surface area contributed by atoms with Crippen LogP contribution in [-0.2, 0) is 6.54 Å². The molecule has 2 aromatic carbocycles. The van der Waals surface area contributed by atoms with Gasteiger partial charge in [-0.15, -0.1) is 0 Å². The molecule has 0 radical (unpaired) electrons. The Morgan fingerprint density at radius 3 is 2.58 bits per heavy atom. The van der Waals surface area contributed by atoms with E-state index < -0.39 is 0 Å². The van der Waals surface area contributed by atoms with Crippen molar-refractivity contribution < 1.29 is 0 Å². The molecule has 3 aromatic rings. The van der Waals surface area contributed by atoms with E-state index in [-0.39, 0.29) is 0 Å². The second kappa shape index (κ2) is 8.65. The zero-order chi connectivity index (χ0) is 18.4. The van der Waals surface area contributed by atoms with Crippen molar-refractivity contribution in [2.45, 2.75) is 13.5 Å². The maximum atomic E-state index is 5.93. The number of benzene rings is 2. The molecule has 26 heavy (non-hydrogen) atoms. The summed E-state index contributed by atoms with van der Waals surface area (Å²) in [6.07, 6.45) is 3.76. The first kappa shape index (κ1) is 18.2. The summed E-state index contributed by atoms with van der Waals surface area (Å²) in [5.74, 6) is 0. The third-order valence-corrected chi connectivity index (χ3v) is 4.25. The van der Waals surface area contributed by atoms with Crippen LogP contribution < -0.4 is 10.7 Å². The molecule has 4 nitrogen and oxygen atoms in total. The van der Waals surface area contributed by atoms with Crippen molar-refractivity contribution in [1.29, 1.82) is 0 Å². The summed E-state index contributed by atoms with van der Waals surface area (Å²) in [4.78, 5) is 0. The summed E-state index contributed by atoms with van der Waals surface area (Å²) in [7, 11) is 0. The molecule has 132 valence electrons. The summed E-state index contributed by atoms with van der Waals surface area (Å²) >= 11 is 11.2. The van der Waals surface area contributed by atoms with Gasteiger partial charge in [0.25, 0.3) is 0 Å². The number of hydrogen-bond acceptors (Lipinski definition) is 2. The van der Waals surface area contributed by atoms with Gasteiger partial charge in [-0.1, -0.05) is 41.4 Å². The molecule has 6 heteroatoms. The average Bonchev–Trinajstić information content (AvgIpc) is 3.06. The lowest BCUT2D eigenvalue weighted by atomic mass is 10.2. The van der Waals surface area contributed by atoms with Crippen LogP contribution in [0.25, 0.3) is 0 Å². The molecule has 0 unspecified atom stereocenters. The number of aromatic nitrogens is 1. The third-order valence-electron chi connectivity index (χ3n) is 3.80. The fourth-order valence-corrected chi connectivity index (χ4v) is 2.72. The summed E-state index contributed by atoms with van der Waals surface area (Å²) < 4.78 is 2.10. The Bertz CT molecular complexity index is 898. The van der Waals surface area contributed by atoms with Gasteiger partial charge in [0.2, 0.25) is 0 Å². The molecule has 0 aliphatic carbocycles. The van der Waals surface area contributed by atoms with Crippen LogP contribution in [0.15, 0.2) is 72.0 Å². The molecule has 0 amide bonds. The van der Waals surface area contributed by atoms with E-state index in [9.17, 15) is 0 Å². The number of nitrogens with zero attached hydrogens (tertiary/aromatic N) is 2. The average molecular weight is 383 g/mol. The lowest BCUT2D eigenvalue weighted by molar-refractivity contribution is 0.799. The van der Waals surface area contributed by atoms with E-state index in [1.807, 2.05) is 73.8 Å². The minimum Gasteiger partial charge on any atom is -0.342 e. The Kier molecular flexibility index (Phi) is 6.04. The topological polar surface area (TPSA) is 41.4 Å². The van der Waals surface area contributed by atoms with Gasteiger partial charge in [0.05, 0.1) is 11.9 Å². The van der Waals surface area contributed by atoms with Crippen LogP contribution in [0.5, 0.6) is 0 Å². The Morgan fingerprint density at radius 1 is 1.12 bits per heavy atom. The van der Waals surface area contributed by atoms with Gasteiger partial charge in [0, 0.05) is 23.5 Å². The van der Waals surface area contributed by atoms with Crippen LogP contribution in [0.3, 0.4) is 0 Å². The monoisotopic (exact) mass is 382 g/mol. The quantitative estimate of drug-likeness (QED) is 0.377. The number of aryl methyl sites for hydroxylation is 1. The van der Waals surface area contributed by atoms with Crippen molar-refractivity contribution in [2.24, 2.45) is 5.10 Å². The normalized spacial score (nSPS) is 10.8. The lowest BCUT2D eigenvalue weighted by Crippen LogP contribution is -2.24. The van der Waals surface area contributed by atoms with Gasteiger partial charge >= 0.3 is 0 Å². The second-order valence-electron chi connectivity index (χ2n) is 5.88. The van der Waals surface area contributed by atoms with Crippen molar-refractivity contribution >= 4 is 40.8 Å². The van der Waals surface area contributed by atoms with E-state index in [1.54, 1.807) is 6.21 Å². The highest BCUT2D eigenvalue weighted by atomic mass is 35.5. The molecular weight excluding hydrogens is 364 g/mol. The van der Waals surface area contributed by atoms with E-state index in [4.69, 9.17) is 23.8 Å². The highest BCUT2D eigenvalue weighted by molar-refractivity contribution is 7.80. The Morgan fingerprint density at radius 2 is 1.85 bits per heavy atom. The molecule has 3 rings (SSSR count). The molecule has 0 aliphatic rings. The van der Waals surface area contributed by atoms with Crippen molar-refractivity contribution in [2.75, 3.05) is 5.32 Å². The standard InChI is InChI=1S/C20H19ClN4S/c1-15-4-10-18(11-5-15)23-20(26)24-22-13-19-3-2-12-25(19)14-16-6-8-17(21)9-7-16/h2-13H,14H2,1H3,(H2,23,24,26)/b22-13+. The number of hydrazone groups is 1. The zero-order valence-electron chi connectivity index (χ0n) is 14.3. The fraction of sp³-hybridized carbons (Fsp3) is 0.100. The lowest BCUT2D eigenvalue weighted by Gasteiger charge is -2.08. The highest BCUT2D eigenvalue weighted by Crippen LogP contribution is 2.12. The molecule has 0 saturated heterocycles. The van der Waals surface area contributed by atoms with Crippen LogP contribution in [0.2, 0.25) is 5.02 Å². The molecule has 2 N–H and O–H groups in total. The number of nitrogens with one attached hydrogen (secondary N) is 2. The number of rotatable bonds is 5. The van der Waals surface area contributed by atoms with Gasteiger partial charge in [-0.25, -0.2) is 0 Å². The van der Waals surface area contributed by atoms with Crippen LogP contribution in [-0.4, -0.2) is 15.9 Å². The van der Waals surface area contributed by atoms with Gasteiger partial charge in [0.15, 0.2) is 5.11 Å². The molecule has 1 heterocycles. The molecule has 0 spiro atoms. The zero-order valence-corrected chi connectivity index (χ0v) is 15.9. The largest absolute Gasteiger partial charge is 0.342 e. The summed E-state index contributed by atoms with van der Waals surface area (Å²) in [6.45, 7) is 2.79. The molecular formula is C20H19ClN4S. The minimum atomic E-state index is 0.445. The van der Waals surface area contributed by atoms with E-state index in [2.05, 4.69) is 20.4 Å². The predicted octanol–water partition coefficient (Wildman–Crippen LogP) is 4.82. The first-order chi connectivity index (χ1) is 12.6. The highest BCUT2D eigenvalue weighted by Gasteiger charge is 2.01. The number of halogens is 1. The molecule has 0 aliphatic heterocycles. The third kappa shape index (κ3) is 5.18. The van der Waals surface area contributed by atoms with Crippen molar-refractivity contribution in [1.82, 2.24) is 9.99 Å². The van der Waals surface area contributed by atoms with E-state index in [1.165, 1.54) is 11.1 Å². The molecule has 0 saturated carbocycles. The van der Waals surface area contributed by atoms with Gasteiger partial charge in [-0.2, -0.15) is 5.10 Å². The van der Waals surface area contributed by atoms with Gasteiger partial charge in [-0.05, 0) is 61.1 Å². The maximum absolute atomic E-state index is 5.93. The van der Waals surface area contributed by atoms with E-state index >= 15 is 0 Å². The summed E-state index contributed by atoms with van der Waals surface area (Å²) in [5.41, 5.74) is 7.12. The maximum Gasteiger partial charge on any atom is 0.191 e. The van der Waals surface area contributed by atoms with Gasteiger partial charge in [-0.3, -0.25) is 5.43 Å². The number of anilines is 1. The van der Waals surface area contributed by atoms with Crippen LogP contribution in [0.4, 0.5) is 5.69 Å². The van der Waals surface area contributed by atoms with Gasteiger partial charge < -0.3 is 9.88 Å². The Hall–Kier alpha value is -2.63. The SMILES string of the molecule is Cc1ccc(NC(=S)N/N=C/c2cccn2Cc2ccc(Cl)cc2)cc1. The predicted molar refractivity (Wildman–Crippen MR) is 113 cm³/mol. The first-order valence-electron chi connectivity index (χ1n) is 8.16. The molecule has 1 aromatic heterocycles. The summed E-state index contributed by atoms with van der Waals surface area (Å²) in [6, 6.07) is 19.8. The fourth-order valence-electron chi connectivity index (χ4n) is 2.43. The molecule has 0 fully saturated rings. The van der Waals surface area contributed by atoms with Crippen molar-refractivity contribution in [3.05, 3.63) is 88.7 Å². The van der Waals surface area contributed by atoms with Crippen molar-refractivity contribution in [3.63, 3.8) is 0 Å². The van der Waals surface area contributed by atoms with Crippen LogP contribution >= 0.6 is 23.8 Å². The second-order valence-corrected chi connectivity index (χ2v) is 6.72. The van der Waals surface area contributed by atoms with Crippen LogP contribution in [0.1, 0.15) is 16.8 Å². The smallest absolute Gasteiger partial charge is 0.191 e. The van der Waals surface area contributed by atoms with Gasteiger partial charge in [0.1, 0.15) is 0 Å². The number of thiocarbonyl (C=S) groups is 1. The first-order valence-corrected chi connectivity index (χ1v) is 8.95. The molecule has 0 bridgehead atoms. The van der Waals surface area contributed by atoms with E-state index in [0.29, 0.717) is 5.11 Å². The van der Waals surface area contributed by atoms with Crippen molar-refractivity contribution in [3.8, 4) is 0 Å². The van der Waals surface area contributed by atoms with E-state index in [0.717, 1.165) is 22.9 Å². The minimum absolute atomic E-state index is 0.445.